The summed E-state index contributed by atoms with van der Waals surface area (Å²) in [5.74, 6) is -0.345. The monoisotopic (exact) mass is 271 g/mol. The van der Waals surface area contributed by atoms with Crippen LogP contribution in [0.2, 0.25) is 0 Å². The summed E-state index contributed by atoms with van der Waals surface area (Å²) in [5, 5.41) is 11.9. The summed E-state index contributed by atoms with van der Waals surface area (Å²) in [6.07, 6.45) is -0.633. The number of aliphatic hydroxyl groups is 1. The highest BCUT2D eigenvalue weighted by molar-refractivity contribution is 7.10. The number of carbonyl (C=O) groups is 1. The number of hydrogen-bond donors (Lipinski definition) is 1. The maximum absolute atomic E-state index is 11.2. The fourth-order valence-electron chi connectivity index (χ4n) is 1.71. The molecule has 0 bridgehead atoms. The second-order valence-electron chi connectivity index (χ2n) is 4.29. The quantitative estimate of drug-likeness (QED) is 0.771. The third kappa shape index (κ3) is 4.76. The van der Waals surface area contributed by atoms with Crippen molar-refractivity contribution in [2.45, 2.75) is 32.4 Å². The summed E-state index contributed by atoms with van der Waals surface area (Å²) in [5.41, 5.74) is 0. The van der Waals surface area contributed by atoms with Crippen LogP contribution >= 0.6 is 11.3 Å². The fraction of sp³-hybridized carbons (Fsp3) is 0.615. The number of rotatable bonds is 7. The van der Waals surface area contributed by atoms with Gasteiger partial charge in [0.1, 0.15) is 0 Å². The highest BCUT2D eigenvalue weighted by Crippen LogP contribution is 2.23. The third-order valence-electron chi connectivity index (χ3n) is 2.82. The molecule has 0 aliphatic heterocycles. The molecule has 0 spiro atoms. The fourth-order valence-corrected chi connectivity index (χ4v) is 2.56. The molecule has 5 heteroatoms. The van der Waals surface area contributed by atoms with Gasteiger partial charge in [-0.25, -0.2) is 0 Å². The molecule has 1 N–H and O–H groups in total. The van der Waals surface area contributed by atoms with E-state index in [9.17, 15) is 9.90 Å². The first kappa shape index (κ1) is 15.1. The molecular formula is C13H21NO3S. The van der Waals surface area contributed by atoms with Gasteiger partial charge in [-0.1, -0.05) is 6.07 Å². The molecule has 0 aliphatic carbocycles. The Morgan fingerprint density at radius 1 is 1.61 bits per heavy atom. The van der Waals surface area contributed by atoms with Gasteiger partial charge >= 0.3 is 5.97 Å². The molecule has 1 aromatic heterocycles. The highest BCUT2D eigenvalue weighted by Gasteiger charge is 2.18. The van der Waals surface area contributed by atoms with E-state index < -0.39 is 6.10 Å². The first-order valence-corrected chi connectivity index (χ1v) is 6.99. The smallest absolute Gasteiger partial charge is 0.308 e. The van der Waals surface area contributed by atoms with Gasteiger partial charge in [0.2, 0.25) is 0 Å². The number of likely N-dealkylation sites (N-methyl/N-ethyl adjacent to an activating group) is 1. The Labute approximate surface area is 112 Å². The molecule has 0 fully saturated rings. The van der Waals surface area contributed by atoms with E-state index in [1.165, 1.54) is 4.88 Å². The highest BCUT2D eigenvalue weighted by atomic mass is 32.1. The van der Waals surface area contributed by atoms with Crippen molar-refractivity contribution >= 4 is 17.3 Å². The number of esters is 1. The van der Waals surface area contributed by atoms with Crippen LogP contribution in [0.3, 0.4) is 0 Å². The summed E-state index contributed by atoms with van der Waals surface area (Å²) in [6, 6.07) is 4.32. The zero-order chi connectivity index (χ0) is 13.5. The van der Waals surface area contributed by atoms with E-state index >= 15 is 0 Å². The summed E-state index contributed by atoms with van der Waals surface area (Å²) in [4.78, 5) is 14.5. The number of aliphatic hydroxyl groups excluding tert-OH is 1. The Hall–Kier alpha value is -0.910. The van der Waals surface area contributed by atoms with Crippen LogP contribution in [0.25, 0.3) is 0 Å². The maximum atomic E-state index is 11.2. The maximum Gasteiger partial charge on any atom is 0.308 e. The average Bonchev–Trinajstić information content (AvgIpc) is 2.81. The van der Waals surface area contributed by atoms with E-state index in [1.807, 2.05) is 23.4 Å². The first-order chi connectivity index (χ1) is 8.54. The molecule has 2 atom stereocenters. The number of carbonyl (C=O) groups excluding carboxylic acids is 1. The molecule has 0 saturated carbocycles. The van der Waals surface area contributed by atoms with E-state index in [0.29, 0.717) is 13.2 Å². The lowest BCUT2D eigenvalue weighted by Crippen LogP contribution is -2.32. The molecule has 1 heterocycles. The molecule has 18 heavy (non-hydrogen) atoms. The minimum atomic E-state index is -0.684. The van der Waals surface area contributed by atoms with Crippen molar-refractivity contribution in [2.75, 3.05) is 20.2 Å². The lowest BCUT2D eigenvalue weighted by Gasteiger charge is -2.25. The first-order valence-electron chi connectivity index (χ1n) is 6.12. The lowest BCUT2D eigenvalue weighted by molar-refractivity contribution is -0.145. The van der Waals surface area contributed by atoms with E-state index in [2.05, 4.69) is 13.0 Å². The largest absolute Gasteiger partial charge is 0.466 e. The minimum absolute atomic E-state index is 0.0509. The van der Waals surface area contributed by atoms with E-state index in [-0.39, 0.29) is 18.4 Å². The van der Waals surface area contributed by atoms with Crippen LogP contribution in [-0.4, -0.2) is 42.3 Å². The second-order valence-corrected chi connectivity index (χ2v) is 5.27. The molecule has 0 aliphatic rings. The van der Waals surface area contributed by atoms with Crippen molar-refractivity contribution in [2.24, 2.45) is 0 Å². The van der Waals surface area contributed by atoms with Gasteiger partial charge in [-0.3, -0.25) is 9.69 Å². The third-order valence-corrected chi connectivity index (χ3v) is 3.87. The van der Waals surface area contributed by atoms with Crippen LogP contribution in [0.1, 0.15) is 31.2 Å². The van der Waals surface area contributed by atoms with Gasteiger partial charge in [0.05, 0.1) is 19.1 Å². The predicted octanol–water partition coefficient (Wildman–Crippen LogP) is 2.06. The Morgan fingerprint density at radius 2 is 2.33 bits per heavy atom. The van der Waals surface area contributed by atoms with Crippen LogP contribution in [-0.2, 0) is 9.53 Å². The standard InChI is InChI=1S/C13H21NO3S/c1-4-17-13(16)8-11(15)9-14(3)10(2)12-6-5-7-18-12/h5-7,10-11,15H,4,8-9H2,1-3H3. The molecule has 1 aromatic rings. The van der Waals surface area contributed by atoms with Gasteiger partial charge in [0.15, 0.2) is 0 Å². The Kier molecular flexibility index (Phi) is 6.32. The summed E-state index contributed by atoms with van der Waals surface area (Å²) < 4.78 is 4.81. The Balaban J connectivity index is 2.39. The van der Waals surface area contributed by atoms with Crippen LogP contribution in [0.4, 0.5) is 0 Å². The van der Waals surface area contributed by atoms with Gasteiger partial charge in [-0.2, -0.15) is 0 Å². The summed E-state index contributed by atoms with van der Waals surface area (Å²) >= 11 is 1.69. The van der Waals surface area contributed by atoms with Gasteiger partial charge in [-0.05, 0) is 32.3 Å². The summed E-state index contributed by atoms with van der Waals surface area (Å²) in [6.45, 7) is 4.66. The average molecular weight is 271 g/mol. The zero-order valence-corrected chi connectivity index (χ0v) is 11.9. The zero-order valence-electron chi connectivity index (χ0n) is 11.1. The normalized spacial score (nSPS) is 14.5. The Morgan fingerprint density at radius 3 is 2.89 bits per heavy atom. The number of thiophene rings is 1. The SMILES string of the molecule is CCOC(=O)CC(O)CN(C)C(C)c1cccs1. The molecule has 0 aromatic carbocycles. The van der Waals surface area contributed by atoms with Crippen molar-refractivity contribution in [3.05, 3.63) is 22.4 Å². The van der Waals surface area contributed by atoms with E-state index in [4.69, 9.17) is 4.74 Å². The van der Waals surface area contributed by atoms with Gasteiger partial charge in [-0.15, -0.1) is 11.3 Å². The minimum Gasteiger partial charge on any atom is -0.466 e. The van der Waals surface area contributed by atoms with Crippen LogP contribution in [0.5, 0.6) is 0 Å². The molecule has 1 rings (SSSR count). The molecular weight excluding hydrogens is 250 g/mol. The summed E-state index contributed by atoms with van der Waals surface area (Å²) in [7, 11) is 1.94. The van der Waals surface area contributed by atoms with Gasteiger partial charge in [0.25, 0.3) is 0 Å². The van der Waals surface area contributed by atoms with Gasteiger partial charge < -0.3 is 9.84 Å². The molecule has 2 unspecified atom stereocenters. The van der Waals surface area contributed by atoms with Crippen molar-refractivity contribution in [3.63, 3.8) is 0 Å². The molecule has 0 radical (unpaired) electrons. The van der Waals surface area contributed by atoms with Gasteiger partial charge in [0, 0.05) is 17.5 Å². The number of nitrogens with zero attached hydrogens (tertiary/aromatic N) is 1. The lowest BCUT2D eigenvalue weighted by atomic mass is 10.2. The van der Waals surface area contributed by atoms with E-state index in [1.54, 1.807) is 18.3 Å². The van der Waals surface area contributed by atoms with Crippen LogP contribution in [0, 0.1) is 0 Å². The predicted molar refractivity (Wildman–Crippen MR) is 72.6 cm³/mol. The van der Waals surface area contributed by atoms with Crippen LogP contribution < -0.4 is 0 Å². The second kappa shape index (κ2) is 7.51. The van der Waals surface area contributed by atoms with Crippen molar-refractivity contribution in [1.29, 1.82) is 0 Å². The molecule has 0 saturated heterocycles. The molecule has 4 nitrogen and oxygen atoms in total. The van der Waals surface area contributed by atoms with Crippen LogP contribution in [0.15, 0.2) is 17.5 Å². The topological polar surface area (TPSA) is 49.8 Å². The van der Waals surface area contributed by atoms with Crippen molar-refractivity contribution < 1.29 is 14.6 Å². The number of ether oxygens (including phenoxy) is 1. The van der Waals surface area contributed by atoms with Crippen molar-refractivity contribution in [1.82, 2.24) is 4.90 Å². The Bertz CT molecular complexity index is 353. The van der Waals surface area contributed by atoms with Crippen molar-refractivity contribution in [3.8, 4) is 0 Å². The molecule has 0 amide bonds. The number of hydrogen-bond acceptors (Lipinski definition) is 5. The molecule has 102 valence electrons. The van der Waals surface area contributed by atoms with E-state index in [0.717, 1.165) is 0 Å².